The summed E-state index contributed by atoms with van der Waals surface area (Å²) < 4.78 is 1.55. The van der Waals surface area contributed by atoms with Crippen molar-refractivity contribution in [2.45, 2.75) is 0 Å². The Labute approximate surface area is 122 Å². The minimum atomic E-state index is 0.267. The van der Waals surface area contributed by atoms with Crippen LogP contribution in [0.15, 0.2) is 42.6 Å². The fraction of sp³-hybridized carbons (Fsp3) is 0. The molecular weight excluding hydrogens is 270 g/mol. The number of rotatable bonds is 2. The molecule has 0 aliphatic rings. The van der Waals surface area contributed by atoms with Crippen LogP contribution in [0.4, 0.5) is 11.5 Å². The molecule has 0 spiro atoms. The monoisotopic (exact) mass is 278 g/mol. The average molecular weight is 279 g/mol. The maximum atomic E-state index is 8.88. The summed E-state index contributed by atoms with van der Waals surface area (Å²) in [6.07, 6.45) is 1.79. The van der Waals surface area contributed by atoms with Crippen molar-refractivity contribution >= 4 is 42.0 Å². The van der Waals surface area contributed by atoms with Gasteiger partial charge in [-0.25, -0.2) is 4.98 Å². The minimum absolute atomic E-state index is 0.267. The summed E-state index contributed by atoms with van der Waals surface area (Å²) >= 11 is 5.94. The Bertz CT molecular complexity index is 835. The summed E-state index contributed by atoms with van der Waals surface area (Å²) in [5, 5.41) is 13.5. The SMILES string of the molecule is [B]n1ccc2ccc(Nc3cc(Cl)cc(C#N)n3)cc21. The lowest BCUT2D eigenvalue weighted by Gasteiger charge is -2.07. The molecule has 0 bridgehead atoms. The van der Waals surface area contributed by atoms with E-state index in [9.17, 15) is 0 Å². The van der Waals surface area contributed by atoms with Crippen molar-refractivity contribution in [1.29, 1.82) is 5.26 Å². The minimum Gasteiger partial charge on any atom is -0.403 e. The molecule has 4 nitrogen and oxygen atoms in total. The smallest absolute Gasteiger partial charge is 0.234 e. The highest BCUT2D eigenvalue weighted by molar-refractivity contribution is 6.30. The molecule has 2 aromatic heterocycles. The summed E-state index contributed by atoms with van der Waals surface area (Å²) in [4.78, 5) is 4.14. The third kappa shape index (κ3) is 2.34. The highest BCUT2D eigenvalue weighted by Crippen LogP contribution is 2.23. The molecule has 0 saturated carbocycles. The highest BCUT2D eigenvalue weighted by Gasteiger charge is 2.03. The molecule has 0 unspecified atom stereocenters. The average Bonchev–Trinajstić information content (AvgIpc) is 2.79. The molecule has 0 aliphatic heterocycles. The lowest BCUT2D eigenvalue weighted by atomic mass is 10.2. The lowest BCUT2D eigenvalue weighted by Crippen LogP contribution is -1.96. The van der Waals surface area contributed by atoms with Crippen molar-refractivity contribution in [3.8, 4) is 6.07 Å². The van der Waals surface area contributed by atoms with Crippen molar-refractivity contribution in [2.24, 2.45) is 0 Å². The Morgan fingerprint density at radius 3 is 2.90 bits per heavy atom. The fourth-order valence-electron chi connectivity index (χ4n) is 1.99. The zero-order chi connectivity index (χ0) is 14.1. The first kappa shape index (κ1) is 12.6. The number of nitrogens with zero attached hydrogens (tertiary/aromatic N) is 3. The molecule has 6 heteroatoms. The quantitative estimate of drug-likeness (QED) is 0.732. The Morgan fingerprint density at radius 1 is 1.25 bits per heavy atom. The number of fused-ring (bicyclic) bond motifs is 1. The van der Waals surface area contributed by atoms with E-state index in [0.717, 1.165) is 16.6 Å². The molecule has 0 amide bonds. The van der Waals surface area contributed by atoms with E-state index in [1.165, 1.54) is 6.07 Å². The summed E-state index contributed by atoms with van der Waals surface area (Å²) in [6, 6.07) is 12.9. The van der Waals surface area contributed by atoms with Crippen LogP contribution in [0.1, 0.15) is 5.69 Å². The second-order valence-corrected chi connectivity index (χ2v) is 4.73. The van der Waals surface area contributed by atoms with E-state index < -0.39 is 0 Å². The molecule has 2 radical (unpaired) electrons. The number of anilines is 2. The van der Waals surface area contributed by atoms with Crippen molar-refractivity contribution in [3.05, 3.63) is 53.3 Å². The molecule has 0 saturated heterocycles. The number of hydrogen-bond acceptors (Lipinski definition) is 3. The molecular formula is C14H8BClN4. The normalized spacial score (nSPS) is 10.4. The molecule has 94 valence electrons. The van der Waals surface area contributed by atoms with Crippen molar-refractivity contribution < 1.29 is 0 Å². The molecule has 1 aromatic carbocycles. The van der Waals surface area contributed by atoms with Gasteiger partial charge in [-0.1, -0.05) is 17.7 Å². The van der Waals surface area contributed by atoms with Crippen LogP contribution in [-0.2, 0) is 0 Å². The largest absolute Gasteiger partial charge is 0.403 e. The van der Waals surface area contributed by atoms with Crippen LogP contribution in [-0.4, -0.2) is 17.4 Å². The van der Waals surface area contributed by atoms with Crippen LogP contribution in [0.2, 0.25) is 5.02 Å². The zero-order valence-corrected chi connectivity index (χ0v) is 11.1. The molecule has 2 heterocycles. The lowest BCUT2D eigenvalue weighted by molar-refractivity contribution is 1.25. The first-order valence-electron chi connectivity index (χ1n) is 5.86. The van der Waals surface area contributed by atoms with Gasteiger partial charge in [0.25, 0.3) is 0 Å². The van der Waals surface area contributed by atoms with E-state index >= 15 is 0 Å². The predicted octanol–water partition coefficient (Wildman–Crippen LogP) is 3.24. The van der Waals surface area contributed by atoms with Gasteiger partial charge in [0.1, 0.15) is 17.6 Å². The van der Waals surface area contributed by atoms with Gasteiger partial charge in [-0.3, -0.25) is 0 Å². The fourth-order valence-corrected chi connectivity index (χ4v) is 2.20. The van der Waals surface area contributed by atoms with Gasteiger partial charge in [-0.05, 0) is 41.9 Å². The van der Waals surface area contributed by atoms with Crippen LogP contribution in [0.25, 0.3) is 10.9 Å². The van der Waals surface area contributed by atoms with Gasteiger partial charge in [-0.15, -0.1) is 0 Å². The van der Waals surface area contributed by atoms with E-state index in [-0.39, 0.29) is 5.69 Å². The summed E-state index contributed by atoms with van der Waals surface area (Å²) in [7, 11) is 5.82. The van der Waals surface area contributed by atoms with E-state index in [0.29, 0.717) is 10.8 Å². The zero-order valence-electron chi connectivity index (χ0n) is 10.3. The Kier molecular flexibility index (Phi) is 3.09. The van der Waals surface area contributed by atoms with E-state index in [2.05, 4.69) is 10.3 Å². The van der Waals surface area contributed by atoms with E-state index in [1.54, 1.807) is 16.7 Å². The summed E-state index contributed by atoms with van der Waals surface area (Å²) in [5.41, 5.74) is 1.99. The number of hydrogen-bond donors (Lipinski definition) is 1. The van der Waals surface area contributed by atoms with Crippen molar-refractivity contribution in [2.75, 3.05) is 5.32 Å². The topological polar surface area (TPSA) is 53.6 Å². The number of aromatic nitrogens is 2. The van der Waals surface area contributed by atoms with E-state index in [1.807, 2.05) is 30.3 Å². The Balaban J connectivity index is 1.98. The van der Waals surface area contributed by atoms with Gasteiger partial charge in [0.05, 0.1) is 0 Å². The Hall–Kier alpha value is -2.45. The first-order valence-corrected chi connectivity index (χ1v) is 6.24. The number of nitrogens with one attached hydrogen (secondary N) is 1. The van der Waals surface area contributed by atoms with Crippen LogP contribution in [0.5, 0.6) is 0 Å². The molecule has 20 heavy (non-hydrogen) atoms. The number of halogens is 1. The predicted molar refractivity (Wildman–Crippen MR) is 80.3 cm³/mol. The van der Waals surface area contributed by atoms with Gasteiger partial charge >= 0.3 is 0 Å². The van der Waals surface area contributed by atoms with E-state index in [4.69, 9.17) is 24.8 Å². The summed E-state index contributed by atoms with van der Waals surface area (Å²) in [6.45, 7) is 0. The maximum Gasteiger partial charge on any atom is 0.234 e. The molecule has 0 aliphatic carbocycles. The number of nitriles is 1. The van der Waals surface area contributed by atoms with Gasteiger partial charge in [0.2, 0.25) is 7.98 Å². The summed E-state index contributed by atoms with van der Waals surface area (Å²) in [5.74, 6) is 0.517. The third-order valence-corrected chi connectivity index (χ3v) is 3.12. The molecule has 0 atom stereocenters. The highest BCUT2D eigenvalue weighted by atomic mass is 35.5. The number of pyridine rings is 1. The Morgan fingerprint density at radius 2 is 2.10 bits per heavy atom. The number of benzene rings is 1. The van der Waals surface area contributed by atoms with Crippen LogP contribution < -0.4 is 5.32 Å². The maximum absolute atomic E-state index is 8.88. The van der Waals surface area contributed by atoms with Crippen molar-refractivity contribution in [3.63, 3.8) is 0 Å². The van der Waals surface area contributed by atoms with Gasteiger partial charge in [0.15, 0.2) is 0 Å². The molecule has 3 aromatic rings. The van der Waals surface area contributed by atoms with Crippen LogP contribution in [0, 0.1) is 11.3 Å². The van der Waals surface area contributed by atoms with Gasteiger partial charge in [0, 0.05) is 16.2 Å². The second kappa shape index (κ2) is 4.91. The molecule has 1 N–H and O–H groups in total. The van der Waals surface area contributed by atoms with Gasteiger partial charge in [-0.2, -0.15) is 5.26 Å². The van der Waals surface area contributed by atoms with Crippen LogP contribution in [0.3, 0.4) is 0 Å². The third-order valence-electron chi connectivity index (χ3n) is 2.90. The van der Waals surface area contributed by atoms with Crippen LogP contribution >= 0.6 is 11.6 Å². The van der Waals surface area contributed by atoms with Crippen molar-refractivity contribution in [1.82, 2.24) is 9.46 Å². The molecule has 3 rings (SSSR count). The molecule has 0 fully saturated rings. The van der Waals surface area contributed by atoms with Gasteiger partial charge < -0.3 is 9.79 Å². The standard InChI is InChI=1S/C14H8BClN4/c15-20-4-3-9-1-2-11(7-13(9)20)18-14-6-10(16)5-12(8-17)19-14/h1-7H,(H,18,19). The first-order chi connectivity index (χ1) is 9.65. The second-order valence-electron chi connectivity index (χ2n) is 4.29.